The third-order valence-corrected chi connectivity index (χ3v) is 6.69. The molecule has 33 heavy (non-hydrogen) atoms. The minimum atomic E-state index is -0.177. The van der Waals surface area contributed by atoms with Crippen molar-refractivity contribution in [3.8, 4) is 0 Å². The van der Waals surface area contributed by atoms with Gasteiger partial charge in [-0.1, -0.05) is 19.9 Å². The van der Waals surface area contributed by atoms with Crippen LogP contribution in [0.25, 0.3) is 11.6 Å². The first-order chi connectivity index (χ1) is 15.8. The van der Waals surface area contributed by atoms with Crippen molar-refractivity contribution in [3.05, 3.63) is 51.8 Å². The Labute approximate surface area is 194 Å². The lowest BCUT2D eigenvalue weighted by Crippen LogP contribution is -2.42. The van der Waals surface area contributed by atoms with Crippen LogP contribution < -0.4 is 5.32 Å². The third kappa shape index (κ3) is 4.50. The predicted molar refractivity (Wildman–Crippen MR) is 130 cm³/mol. The third-order valence-electron chi connectivity index (χ3n) is 6.69. The van der Waals surface area contributed by atoms with E-state index in [4.69, 9.17) is 0 Å². The van der Waals surface area contributed by atoms with Gasteiger partial charge >= 0.3 is 0 Å². The number of fused-ring (bicyclic) bond motifs is 2. The zero-order valence-electron chi connectivity index (χ0n) is 19.9. The van der Waals surface area contributed by atoms with Gasteiger partial charge in [0, 0.05) is 55.1 Å². The Bertz CT molecular complexity index is 1140. The number of hydrogen-bond acceptors (Lipinski definition) is 4. The minimum Gasteiger partial charge on any atom is -0.358 e. The molecule has 0 spiro atoms. The summed E-state index contributed by atoms with van der Waals surface area (Å²) in [6.45, 7) is 12.0. The summed E-state index contributed by atoms with van der Waals surface area (Å²) in [5, 5.41) is 2.90. The first-order valence-corrected chi connectivity index (χ1v) is 11.7. The van der Waals surface area contributed by atoms with Gasteiger partial charge in [-0.3, -0.25) is 14.4 Å². The second-order valence-corrected chi connectivity index (χ2v) is 8.86. The Morgan fingerprint density at radius 1 is 1.21 bits per heavy atom. The van der Waals surface area contributed by atoms with Gasteiger partial charge in [-0.15, -0.1) is 0 Å². The molecule has 3 heterocycles. The number of likely N-dealkylation sites (N-methyl/N-ethyl adjacent to an activating group) is 1. The van der Waals surface area contributed by atoms with E-state index < -0.39 is 0 Å². The quantitative estimate of drug-likeness (QED) is 0.607. The predicted octanol–water partition coefficient (Wildman–Crippen LogP) is 3.29. The number of benzene rings is 1. The van der Waals surface area contributed by atoms with Crippen LogP contribution in [0.3, 0.4) is 0 Å². The molecular formula is C26H32N4O3. The molecule has 0 saturated carbocycles. The van der Waals surface area contributed by atoms with Crippen molar-refractivity contribution >= 4 is 34.9 Å². The van der Waals surface area contributed by atoms with E-state index in [1.807, 2.05) is 36.1 Å². The Balaban J connectivity index is 1.62. The molecule has 7 nitrogen and oxygen atoms in total. The number of nitrogens with one attached hydrogen (secondary N) is 2. The second kappa shape index (κ2) is 9.35. The van der Waals surface area contributed by atoms with Crippen LogP contribution in [0.2, 0.25) is 0 Å². The van der Waals surface area contributed by atoms with Crippen LogP contribution in [-0.4, -0.2) is 65.1 Å². The summed E-state index contributed by atoms with van der Waals surface area (Å²) < 4.78 is 0. The Hall–Kier alpha value is -3.19. The van der Waals surface area contributed by atoms with Crippen molar-refractivity contribution in [1.29, 1.82) is 0 Å². The molecule has 4 rings (SSSR count). The number of aromatic amines is 1. The largest absolute Gasteiger partial charge is 0.358 e. The van der Waals surface area contributed by atoms with Gasteiger partial charge in [0.2, 0.25) is 0 Å². The molecule has 0 radical (unpaired) electrons. The summed E-state index contributed by atoms with van der Waals surface area (Å²) in [7, 11) is 0. The molecule has 0 fully saturated rings. The molecule has 0 saturated heterocycles. The van der Waals surface area contributed by atoms with Crippen LogP contribution >= 0.6 is 0 Å². The van der Waals surface area contributed by atoms with Crippen LogP contribution in [-0.2, 0) is 22.4 Å². The summed E-state index contributed by atoms with van der Waals surface area (Å²) in [6, 6.07) is 5.61. The van der Waals surface area contributed by atoms with E-state index in [9.17, 15) is 14.4 Å². The molecule has 0 unspecified atom stereocenters. The lowest BCUT2D eigenvalue weighted by Gasteiger charge is -2.29. The van der Waals surface area contributed by atoms with Crippen LogP contribution in [0, 0.1) is 6.92 Å². The van der Waals surface area contributed by atoms with Crippen molar-refractivity contribution in [3.63, 3.8) is 0 Å². The van der Waals surface area contributed by atoms with Gasteiger partial charge in [0.05, 0.1) is 11.1 Å². The summed E-state index contributed by atoms with van der Waals surface area (Å²) in [5.41, 5.74) is 6.28. The van der Waals surface area contributed by atoms with E-state index in [-0.39, 0.29) is 17.6 Å². The van der Waals surface area contributed by atoms with Crippen LogP contribution in [0.1, 0.15) is 59.2 Å². The molecule has 2 aliphatic rings. The lowest BCUT2D eigenvalue weighted by atomic mass is 9.99. The SMILES string of the molecule is CCN(CC)CCN1CCc2[nH]c(/C=C3\C(=O)Nc4ccc(CC(C)=O)cc43)c(C)c2C1=O. The van der Waals surface area contributed by atoms with Gasteiger partial charge in [-0.05, 0) is 56.3 Å². The number of H-pyrrole nitrogens is 1. The molecule has 1 aromatic heterocycles. The molecular weight excluding hydrogens is 416 g/mol. The lowest BCUT2D eigenvalue weighted by molar-refractivity contribution is -0.116. The maximum atomic E-state index is 13.2. The molecule has 1 aromatic carbocycles. The van der Waals surface area contributed by atoms with Crippen molar-refractivity contribution in [2.24, 2.45) is 0 Å². The fourth-order valence-electron chi connectivity index (χ4n) is 4.74. The van der Waals surface area contributed by atoms with Crippen LogP contribution in [0.15, 0.2) is 18.2 Å². The van der Waals surface area contributed by atoms with E-state index in [1.165, 1.54) is 0 Å². The minimum absolute atomic E-state index is 0.0572. The first-order valence-electron chi connectivity index (χ1n) is 11.7. The van der Waals surface area contributed by atoms with E-state index in [0.29, 0.717) is 18.5 Å². The summed E-state index contributed by atoms with van der Waals surface area (Å²) in [5.74, 6) is -0.0411. The molecule has 2 amide bonds. The van der Waals surface area contributed by atoms with Crippen molar-refractivity contribution in [1.82, 2.24) is 14.8 Å². The Kier molecular flexibility index (Phi) is 6.51. The number of Topliss-reactive ketones (excluding diaryl/α,β-unsaturated/α-hetero) is 1. The van der Waals surface area contributed by atoms with E-state index in [2.05, 4.69) is 29.0 Å². The number of carbonyl (C=O) groups excluding carboxylic acids is 3. The van der Waals surface area contributed by atoms with Gasteiger partial charge in [-0.2, -0.15) is 0 Å². The molecule has 2 aromatic rings. The number of anilines is 1. The van der Waals surface area contributed by atoms with Crippen molar-refractivity contribution < 1.29 is 14.4 Å². The number of carbonyl (C=O) groups is 3. The fourth-order valence-corrected chi connectivity index (χ4v) is 4.74. The van der Waals surface area contributed by atoms with E-state index in [0.717, 1.165) is 71.9 Å². The Morgan fingerprint density at radius 2 is 1.97 bits per heavy atom. The molecule has 174 valence electrons. The number of ketones is 1. The standard InChI is InChI=1S/C26H32N4O3/c1-5-29(6-2)11-12-30-10-9-22-24(26(30)33)17(4)23(27-22)15-20-19-14-18(13-16(3)31)7-8-21(19)28-25(20)32/h7-8,14-15,27H,5-6,9-13H2,1-4H3,(H,28,32)/b20-15-. The normalized spacial score (nSPS) is 16.4. The van der Waals surface area contributed by atoms with Crippen molar-refractivity contribution in [2.75, 3.05) is 38.0 Å². The highest BCUT2D eigenvalue weighted by atomic mass is 16.2. The Morgan fingerprint density at radius 3 is 2.67 bits per heavy atom. The van der Waals surface area contributed by atoms with Gasteiger partial charge in [0.15, 0.2) is 0 Å². The van der Waals surface area contributed by atoms with Gasteiger partial charge in [0.1, 0.15) is 5.78 Å². The molecule has 2 aliphatic heterocycles. The van der Waals surface area contributed by atoms with Gasteiger partial charge < -0.3 is 20.1 Å². The number of rotatable bonds is 8. The fraction of sp³-hybridized carbons (Fsp3) is 0.423. The number of hydrogen-bond donors (Lipinski definition) is 2. The highest BCUT2D eigenvalue weighted by Crippen LogP contribution is 2.35. The average molecular weight is 449 g/mol. The zero-order chi connectivity index (χ0) is 23.7. The molecule has 2 N–H and O–H groups in total. The molecule has 7 heteroatoms. The summed E-state index contributed by atoms with van der Waals surface area (Å²) in [6.07, 6.45) is 2.94. The van der Waals surface area contributed by atoms with E-state index in [1.54, 1.807) is 6.92 Å². The first kappa shape index (κ1) is 23.0. The van der Waals surface area contributed by atoms with Crippen LogP contribution in [0.4, 0.5) is 5.69 Å². The molecule has 0 atom stereocenters. The maximum absolute atomic E-state index is 13.2. The van der Waals surface area contributed by atoms with Gasteiger partial charge in [0.25, 0.3) is 11.8 Å². The zero-order valence-corrected chi connectivity index (χ0v) is 19.9. The van der Waals surface area contributed by atoms with E-state index >= 15 is 0 Å². The summed E-state index contributed by atoms with van der Waals surface area (Å²) in [4.78, 5) is 45.1. The smallest absolute Gasteiger partial charge is 0.256 e. The second-order valence-electron chi connectivity index (χ2n) is 8.86. The van der Waals surface area contributed by atoms with Crippen molar-refractivity contribution in [2.45, 2.75) is 40.5 Å². The number of aromatic nitrogens is 1. The molecule has 0 aliphatic carbocycles. The number of nitrogens with zero attached hydrogens (tertiary/aromatic N) is 2. The average Bonchev–Trinajstić information content (AvgIpc) is 3.26. The van der Waals surface area contributed by atoms with Gasteiger partial charge in [-0.25, -0.2) is 0 Å². The highest BCUT2D eigenvalue weighted by Gasteiger charge is 2.30. The summed E-state index contributed by atoms with van der Waals surface area (Å²) >= 11 is 0. The maximum Gasteiger partial charge on any atom is 0.256 e. The highest BCUT2D eigenvalue weighted by molar-refractivity contribution is 6.35. The van der Waals surface area contributed by atoms with Crippen LogP contribution in [0.5, 0.6) is 0 Å². The monoisotopic (exact) mass is 448 g/mol. The molecule has 0 bridgehead atoms. The topological polar surface area (TPSA) is 85.5 Å². The number of amides is 2.